The van der Waals surface area contributed by atoms with Gasteiger partial charge in [-0.3, -0.25) is 0 Å². The van der Waals surface area contributed by atoms with Crippen LogP contribution < -0.4 is 4.74 Å². The van der Waals surface area contributed by atoms with Crippen molar-refractivity contribution in [3.05, 3.63) is 64.2 Å². The molecule has 19 heavy (non-hydrogen) atoms. The molecule has 0 spiro atoms. The Bertz CT molecular complexity index is 567. The van der Waals surface area contributed by atoms with Gasteiger partial charge in [0, 0.05) is 0 Å². The van der Waals surface area contributed by atoms with E-state index < -0.39 is 0 Å². The first kappa shape index (κ1) is 14.0. The van der Waals surface area contributed by atoms with Crippen LogP contribution in [0.25, 0.3) is 0 Å². The van der Waals surface area contributed by atoms with Gasteiger partial charge in [0.25, 0.3) is 0 Å². The number of alkyl halides is 1. The summed E-state index contributed by atoms with van der Waals surface area (Å²) in [6, 6.07) is 12.5. The van der Waals surface area contributed by atoms with E-state index in [-0.39, 0.29) is 5.38 Å². The van der Waals surface area contributed by atoms with Crippen molar-refractivity contribution in [1.82, 2.24) is 0 Å². The molecule has 0 heterocycles. The average Bonchev–Trinajstić information content (AvgIpc) is 2.37. The van der Waals surface area contributed by atoms with Gasteiger partial charge in [0.2, 0.25) is 0 Å². The van der Waals surface area contributed by atoms with E-state index in [0.29, 0.717) is 0 Å². The maximum Gasteiger partial charge on any atom is 0.124 e. The topological polar surface area (TPSA) is 9.23 Å². The van der Waals surface area contributed by atoms with Gasteiger partial charge in [-0.2, -0.15) is 0 Å². The summed E-state index contributed by atoms with van der Waals surface area (Å²) in [6.07, 6.45) is 0. The number of benzene rings is 2. The molecule has 100 valence electrons. The highest BCUT2D eigenvalue weighted by molar-refractivity contribution is 6.22. The van der Waals surface area contributed by atoms with E-state index in [1.807, 2.05) is 6.07 Å². The van der Waals surface area contributed by atoms with Crippen LogP contribution in [0.5, 0.6) is 5.75 Å². The SMILES string of the molecule is COc1c(C)cc(C(Cl)c2cccc(C)c2)cc1C. The fourth-order valence-corrected chi connectivity index (χ4v) is 2.73. The molecule has 0 saturated carbocycles. The van der Waals surface area contributed by atoms with Gasteiger partial charge in [-0.15, -0.1) is 11.6 Å². The molecule has 1 atom stereocenters. The fraction of sp³-hybridized carbons (Fsp3) is 0.294. The summed E-state index contributed by atoms with van der Waals surface area (Å²) in [5.74, 6) is 0.942. The number of hydrogen-bond donors (Lipinski definition) is 0. The molecule has 0 N–H and O–H groups in total. The number of rotatable bonds is 3. The van der Waals surface area contributed by atoms with Crippen LogP contribution in [0, 0.1) is 20.8 Å². The van der Waals surface area contributed by atoms with E-state index in [2.05, 4.69) is 51.1 Å². The fourth-order valence-electron chi connectivity index (χ4n) is 2.47. The summed E-state index contributed by atoms with van der Waals surface area (Å²) in [7, 11) is 1.70. The van der Waals surface area contributed by atoms with Crippen molar-refractivity contribution in [1.29, 1.82) is 0 Å². The van der Waals surface area contributed by atoms with Crippen LogP contribution >= 0.6 is 11.6 Å². The monoisotopic (exact) mass is 274 g/mol. The Morgan fingerprint density at radius 3 is 2.11 bits per heavy atom. The third-order valence-corrected chi connectivity index (χ3v) is 3.82. The lowest BCUT2D eigenvalue weighted by Crippen LogP contribution is -1.98. The zero-order valence-electron chi connectivity index (χ0n) is 11.8. The number of aryl methyl sites for hydroxylation is 3. The van der Waals surface area contributed by atoms with Crippen molar-refractivity contribution >= 4 is 11.6 Å². The van der Waals surface area contributed by atoms with Crippen LogP contribution in [-0.2, 0) is 0 Å². The number of ether oxygens (including phenoxy) is 1. The average molecular weight is 275 g/mol. The Balaban J connectivity index is 2.42. The minimum Gasteiger partial charge on any atom is -0.496 e. The Labute approximate surface area is 120 Å². The van der Waals surface area contributed by atoms with Crippen LogP contribution in [0.4, 0.5) is 0 Å². The molecule has 0 fully saturated rings. The highest BCUT2D eigenvalue weighted by atomic mass is 35.5. The highest BCUT2D eigenvalue weighted by Crippen LogP contribution is 2.34. The summed E-state index contributed by atoms with van der Waals surface area (Å²) < 4.78 is 5.39. The molecule has 0 aliphatic rings. The largest absolute Gasteiger partial charge is 0.496 e. The lowest BCUT2D eigenvalue weighted by molar-refractivity contribution is 0.408. The molecule has 2 aromatic carbocycles. The lowest BCUT2D eigenvalue weighted by Gasteiger charge is -2.15. The maximum atomic E-state index is 6.60. The van der Waals surface area contributed by atoms with E-state index in [4.69, 9.17) is 16.3 Å². The van der Waals surface area contributed by atoms with Gasteiger partial charge >= 0.3 is 0 Å². The summed E-state index contributed by atoms with van der Waals surface area (Å²) in [5.41, 5.74) is 5.71. The zero-order valence-corrected chi connectivity index (χ0v) is 12.6. The Morgan fingerprint density at radius 2 is 1.58 bits per heavy atom. The molecule has 0 radical (unpaired) electrons. The van der Waals surface area contributed by atoms with Crippen molar-refractivity contribution in [3.63, 3.8) is 0 Å². The van der Waals surface area contributed by atoms with Gasteiger partial charge < -0.3 is 4.74 Å². The second kappa shape index (κ2) is 5.66. The predicted molar refractivity (Wildman–Crippen MR) is 81.3 cm³/mol. The van der Waals surface area contributed by atoms with Crippen molar-refractivity contribution < 1.29 is 4.74 Å². The number of halogens is 1. The molecule has 0 bridgehead atoms. The van der Waals surface area contributed by atoms with E-state index >= 15 is 0 Å². The number of hydrogen-bond acceptors (Lipinski definition) is 1. The predicted octanol–water partition coefficient (Wildman–Crippen LogP) is 4.95. The lowest BCUT2D eigenvalue weighted by atomic mass is 9.98. The second-order valence-electron chi connectivity index (χ2n) is 4.96. The summed E-state index contributed by atoms with van der Waals surface area (Å²) in [6.45, 7) is 6.18. The molecular weight excluding hydrogens is 256 g/mol. The third-order valence-electron chi connectivity index (χ3n) is 3.31. The van der Waals surface area contributed by atoms with Crippen molar-refractivity contribution in [2.75, 3.05) is 7.11 Å². The van der Waals surface area contributed by atoms with Crippen molar-refractivity contribution in [2.24, 2.45) is 0 Å². The van der Waals surface area contributed by atoms with Crippen LogP contribution in [-0.4, -0.2) is 7.11 Å². The molecule has 2 rings (SSSR count). The molecule has 1 nitrogen and oxygen atoms in total. The minimum atomic E-state index is -0.122. The summed E-state index contributed by atoms with van der Waals surface area (Å²) >= 11 is 6.60. The molecule has 0 saturated heterocycles. The van der Waals surface area contributed by atoms with Gasteiger partial charge in [0.15, 0.2) is 0 Å². The van der Waals surface area contributed by atoms with Crippen molar-refractivity contribution in [2.45, 2.75) is 26.1 Å². The zero-order chi connectivity index (χ0) is 14.0. The van der Waals surface area contributed by atoms with Gasteiger partial charge in [-0.05, 0) is 43.0 Å². The van der Waals surface area contributed by atoms with E-state index in [0.717, 1.165) is 28.0 Å². The van der Waals surface area contributed by atoms with E-state index in [9.17, 15) is 0 Å². The third kappa shape index (κ3) is 2.93. The minimum absolute atomic E-state index is 0.122. The van der Waals surface area contributed by atoms with Crippen LogP contribution in [0.2, 0.25) is 0 Å². The van der Waals surface area contributed by atoms with Crippen LogP contribution in [0.3, 0.4) is 0 Å². The Morgan fingerprint density at radius 1 is 0.947 bits per heavy atom. The van der Waals surface area contributed by atoms with Gasteiger partial charge in [0.05, 0.1) is 12.5 Å². The molecular formula is C17H19ClO. The molecule has 1 unspecified atom stereocenters. The Kier molecular flexibility index (Phi) is 4.16. The normalized spacial score (nSPS) is 12.3. The Hall–Kier alpha value is -1.47. The first-order chi connectivity index (χ1) is 9.02. The second-order valence-corrected chi connectivity index (χ2v) is 5.40. The van der Waals surface area contributed by atoms with Crippen LogP contribution in [0.1, 0.15) is 33.2 Å². The quantitative estimate of drug-likeness (QED) is 0.720. The summed E-state index contributed by atoms with van der Waals surface area (Å²) in [5, 5.41) is -0.122. The maximum absolute atomic E-state index is 6.60. The smallest absolute Gasteiger partial charge is 0.124 e. The molecule has 0 amide bonds. The highest BCUT2D eigenvalue weighted by Gasteiger charge is 2.14. The van der Waals surface area contributed by atoms with E-state index in [1.165, 1.54) is 5.56 Å². The molecule has 0 aromatic heterocycles. The van der Waals surface area contributed by atoms with Crippen molar-refractivity contribution in [3.8, 4) is 5.75 Å². The number of methoxy groups -OCH3 is 1. The standard InChI is InChI=1S/C17H19ClO/c1-11-6-5-7-14(8-11)16(18)15-9-12(2)17(19-4)13(3)10-15/h5-10,16H,1-4H3. The molecule has 0 aliphatic carbocycles. The van der Waals surface area contributed by atoms with Gasteiger partial charge in [0.1, 0.15) is 5.75 Å². The van der Waals surface area contributed by atoms with Gasteiger partial charge in [-0.1, -0.05) is 42.0 Å². The molecule has 2 aromatic rings. The summed E-state index contributed by atoms with van der Waals surface area (Å²) in [4.78, 5) is 0. The first-order valence-electron chi connectivity index (χ1n) is 6.38. The van der Waals surface area contributed by atoms with E-state index in [1.54, 1.807) is 7.11 Å². The first-order valence-corrected chi connectivity index (χ1v) is 6.82. The molecule has 0 aliphatic heterocycles. The molecule has 2 heteroatoms. The van der Waals surface area contributed by atoms with Gasteiger partial charge in [-0.25, -0.2) is 0 Å². The van der Waals surface area contributed by atoms with Crippen LogP contribution in [0.15, 0.2) is 36.4 Å².